The Morgan fingerprint density at radius 1 is 1.19 bits per heavy atom. The van der Waals surface area contributed by atoms with E-state index >= 15 is 0 Å². The van der Waals surface area contributed by atoms with Crippen LogP contribution in [0.5, 0.6) is 0 Å². The minimum absolute atomic E-state index is 0.0298. The molecular weight excluding hydrogens is 340 g/mol. The summed E-state index contributed by atoms with van der Waals surface area (Å²) >= 11 is 0. The molecule has 6 nitrogen and oxygen atoms in total. The Balaban J connectivity index is 1.60. The maximum Gasteiger partial charge on any atom is 0.243 e. The van der Waals surface area contributed by atoms with Crippen molar-refractivity contribution >= 4 is 17.5 Å². The number of benzene rings is 1. The van der Waals surface area contributed by atoms with Gasteiger partial charge in [-0.2, -0.15) is 0 Å². The molecule has 27 heavy (non-hydrogen) atoms. The Morgan fingerprint density at radius 3 is 2.74 bits per heavy atom. The lowest BCUT2D eigenvalue weighted by Crippen LogP contribution is -2.34. The molecule has 6 heteroatoms. The van der Waals surface area contributed by atoms with E-state index in [0.717, 1.165) is 30.0 Å². The van der Waals surface area contributed by atoms with Crippen LogP contribution in [-0.4, -0.2) is 27.9 Å². The monoisotopic (exact) mass is 368 g/mol. The normalized spacial score (nSPS) is 13.7. The zero-order chi connectivity index (χ0) is 19.4. The summed E-state index contributed by atoms with van der Waals surface area (Å²) in [6.07, 6.45) is 5.88. The molecule has 0 bridgehead atoms. The molecule has 0 saturated carbocycles. The number of hydrogen-bond donors (Lipinski definition) is 2. The summed E-state index contributed by atoms with van der Waals surface area (Å²) < 4.78 is 2.22. The van der Waals surface area contributed by atoms with Crippen LogP contribution in [0.15, 0.2) is 30.5 Å². The van der Waals surface area contributed by atoms with Crippen LogP contribution in [0.2, 0.25) is 0 Å². The standard InChI is InChI=1S/C21H28N4O2/c1-21(2,3)12-19(26)22-13-20(27)23-16-8-6-7-15(11-16)17-14-25-10-5-4-9-18(25)24-17/h6-8,11,14H,4-5,9-10,12-13H2,1-3H3,(H,22,26)(H,23,27). The predicted octanol–water partition coefficient (Wildman–Crippen LogP) is 3.38. The number of nitrogens with zero attached hydrogens (tertiary/aromatic N) is 2. The maximum atomic E-state index is 12.1. The van der Waals surface area contributed by atoms with E-state index in [1.807, 2.05) is 45.0 Å². The number of nitrogens with one attached hydrogen (secondary N) is 2. The fourth-order valence-corrected chi connectivity index (χ4v) is 3.24. The van der Waals surface area contributed by atoms with Gasteiger partial charge in [-0.05, 0) is 30.4 Å². The van der Waals surface area contributed by atoms with Crippen LogP contribution in [0.3, 0.4) is 0 Å². The molecule has 3 rings (SSSR count). The fourth-order valence-electron chi connectivity index (χ4n) is 3.24. The van der Waals surface area contributed by atoms with E-state index in [1.165, 1.54) is 12.8 Å². The molecule has 0 radical (unpaired) electrons. The first kappa shape index (κ1) is 19.1. The Hall–Kier alpha value is -2.63. The number of amides is 2. The third-order valence-electron chi connectivity index (χ3n) is 4.49. The third-order valence-corrected chi connectivity index (χ3v) is 4.49. The quantitative estimate of drug-likeness (QED) is 0.849. The molecule has 2 heterocycles. The number of carbonyl (C=O) groups excluding carboxylic acids is 2. The molecule has 0 saturated heterocycles. The average molecular weight is 368 g/mol. The van der Waals surface area contributed by atoms with Crippen LogP contribution in [-0.2, 0) is 22.6 Å². The van der Waals surface area contributed by atoms with Crippen LogP contribution >= 0.6 is 0 Å². The number of aryl methyl sites for hydroxylation is 2. The minimum atomic E-state index is -0.237. The van der Waals surface area contributed by atoms with Crippen molar-refractivity contribution in [3.8, 4) is 11.3 Å². The summed E-state index contributed by atoms with van der Waals surface area (Å²) in [6, 6.07) is 7.66. The lowest BCUT2D eigenvalue weighted by molar-refractivity contribution is -0.125. The van der Waals surface area contributed by atoms with Gasteiger partial charge >= 0.3 is 0 Å². The van der Waals surface area contributed by atoms with Crippen LogP contribution in [0.4, 0.5) is 5.69 Å². The fraction of sp³-hybridized carbons (Fsp3) is 0.476. The SMILES string of the molecule is CC(C)(C)CC(=O)NCC(=O)Nc1cccc(-c2cn3c(n2)CCCC3)c1. The molecule has 1 aromatic carbocycles. The molecule has 2 aromatic rings. The molecule has 2 N–H and O–H groups in total. The van der Waals surface area contributed by atoms with Gasteiger partial charge in [0.1, 0.15) is 5.82 Å². The molecule has 0 aliphatic carbocycles. The van der Waals surface area contributed by atoms with Gasteiger partial charge in [-0.25, -0.2) is 4.98 Å². The van der Waals surface area contributed by atoms with E-state index in [4.69, 9.17) is 4.98 Å². The van der Waals surface area contributed by atoms with Crippen LogP contribution in [0, 0.1) is 5.41 Å². The highest BCUT2D eigenvalue weighted by Crippen LogP contribution is 2.24. The number of anilines is 1. The van der Waals surface area contributed by atoms with Gasteiger partial charge in [-0.15, -0.1) is 0 Å². The van der Waals surface area contributed by atoms with Gasteiger partial charge in [-0.3, -0.25) is 9.59 Å². The Kier molecular flexibility index (Phi) is 5.63. The first-order chi connectivity index (χ1) is 12.8. The molecular formula is C21H28N4O2. The highest BCUT2D eigenvalue weighted by Gasteiger charge is 2.17. The lowest BCUT2D eigenvalue weighted by atomic mass is 9.92. The van der Waals surface area contributed by atoms with Crippen molar-refractivity contribution in [1.82, 2.24) is 14.9 Å². The largest absolute Gasteiger partial charge is 0.347 e. The summed E-state index contributed by atoms with van der Waals surface area (Å²) in [5.74, 6) is 0.779. The van der Waals surface area contributed by atoms with E-state index in [2.05, 4.69) is 21.4 Å². The van der Waals surface area contributed by atoms with Gasteiger partial charge in [0.05, 0.1) is 12.2 Å². The minimum Gasteiger partial charge on any atom is -0.347 e. The van der Waals surface area contributed by atoms with Gasteiger partial charge < -0.3 is 15.2 Å². The number of aromatic nitrogens is 2. The van der Waals surface area contributed by atoms with Crippen molar-refractivity contribution in [2.75, 3.05) is 11.9 Å². The van der Waals surface area contributed by atoms with Crippen LogP contribution < -0.4 is 10.6 Å². The molecule has 0 unspecified atom stereocenters. The molecule has 0 spiro atoms. The van der Waals surface area contributed by atoms with Crippen molar-refractivity contribution < 1.29 is 9.59 Å². The van der Waals surface area contributed by atoms with Crippen molar-refractivity contribution in [2.45, 2.75) is 53.0 Å². The second kappa shape index (κ2) is 7.94. The zero-order valence-electron chi connectivity index (χ0n) is 16.3. The molecule has 1 aliphatic rings. The van der Waals surface area contributed by atoms with Gasteiger partial charge in [0.15, 0.2) is 0 Å². The third kappa shape index (κ3) is 5.42. The topological polar surface area (TPSA) is 76.0 Å². The van der Waals surface area contributed by atoms with Gasteiger partial charge in [0.2, 0.25) is 11.8 Å². The number of carbonyl (C=O) groups is 2. The summed E-state index contributed by atoms with van der Waals surface area (Å²) in [5.41, 5.74) is 2.51. The van der Waals surface area contributed by atoms with E-state index in [1.54, 1.807) is 0 Å². The van der Waals surface area contributed by atoms with Crippen molar-refractivity contribution in [3.63, 3.8) is 0 Å². The second-order valence-corrected chi connectivity index (χ2v) is 8.34. The van der Waals surface area contributed by atoms with E-state index < -0.39 is 0 Å². The number of rotatable bonds is 5. The van der Waals surface area contributed by atoms with Crippen molar-refractivity contribution in [2.24, 2.45) is 5.41 Å². The Labute approximate surface area is 160 Å². The number of fused-ring (bicyclic) bond motifs is 1. The average Bonchev–Trinajstić information content (AvgIpc) is 3.03. The summed E-state index contributed by atoms with van der Waals surface area (Å²) in [7, 11) is 0. The highest BCUT2D eigenvalue weighted by molar-refractivity contribution is 5.95. The van der Waals surface area contributed by atoms with E-state index in [9.17, 15) is 9.59 Å². The smallest absolute Gasteiger partial charge is 0.243 e. The summed E-state index contributed by atoms with van der Waals surface area (Å²) in [6.45, 7) is 6.97. The summed E-state index contributed by atoms with van der Waals surface area (Å²) in [5, 5.41) is 5.52. The van der Waals surface area contributed by atoms with E-state index in [0.29, 0.717) is 12.1 Å². The van der Waals surface area contributed by atoms with Crippen LogP contribution in [0.25, 0.3) is 11.3 Å². The lowest BCUT2D eigenvalue weighted by Gasteiger charge is -2.17. The van der Waals surface area contributed by atoms with Crippen molar-refractivity contribution in [3.05, 3.63) is 36.3 Å². The summed E-state index contributed by atoms with van der Waals surface area (Å²) in [4.78, 5) is 28.7. The predicted molar refractivity (Wildman–Crippen MR) is 106 cm³/mol. The van der Waals surface area contributed by atoms with Gasteiger partial charge in [0, 0.05) is 36.8 Å². The number of hydrogen-bond acceptors (Lipinski definition) is 3. The molecule has 0 fully saturated rings. The highest BCUT2D eigenvalue weighted by atomic mass is 16.2. The molecule has 1 aliphatic heterocycles. The maximum absolute atomic E-state index is 12.1. The Bertz CT molecular complexity index is 809. The Morgan fingerprint density at radius 2 is 2.00 bits per heavy atom. The second-order valence-electron chi connectivity index (χ2n) is 8.34. The zero-order valence-corrected chi connectivity index (χ0v) is 16.3. The van der Waals surface area contributed by atoms with Gasteiger partial charge in [-0.1, -0.05) is 32.9 Å². The number of imidazole rings is 1. The first-order valence-corrected chi connectivity index (χ1v) is 9.53. The van der Waals surface area contributed by atoms with Gasteiger partial charge in [0.25, 0.3) is 0 Å². The molecule has 1 aromatic heterocycles. The van der Waals surface area contributed by atoms with Crippen LogP contribution in [0.1, 0.15) is 45.9 Å². The molecule has 0 atom stereocenters. The van der Waals surface area contributed by atoms with E-state index in [-0.39, 0.29) is 23.8 Å². The first-order valence-electron chi connectivity index (χ1n) is 9.53. The molecule has 144 valence electrons. The molecule has 2 amide bonds. The van der Waals surface area contributed by atoms with Crippen molar-refractivity contribution in [1.29, 1.82) is 0 Å².